The molecule has 43 heavy (non-hydrogen) atoms. The number of benzene rings is 3. The number of aliphatic hydroxyl groups is 1. The van der Waals surface area contributed by atoms with Crippen molar-refractivity contribution < 1.29 is 43.1 Å². The number of hydrogen-bond acceptors (Lipinski definition) is 9. The van der Waals surface area contributed by atoms with Gasteiger partial charge in [-0.15, -0.1) is 6.42 Å². The van der Waals surface area contributed by atoms with Gasteiger partial charge in [0.25, 0.3) is 0 Å². The molecule has 0 saturated heterocycles. The molecule has 3 aromatic rings. The summed E-state index contributed by atoms with van der Waals surface area (Å²) >= 11 is 0. The van der Waals surface area contributed by atoms with Gasteiger partial charge < -0.3 is 33.5 Å². The molecule has 1 aliphatic rings. The zero-order valence-electron chi connectivity index (χ0n) is 24.4. The Hall–Kier alpha value is -4.36. The molecule has 0 aliphatic heterocycles. The average molecular weight is 589 g/mol. The number of carbonyl (C=O) groups excluding carboxylic acids is 2. The molecule has 0 bridgehead atoms. The lowest BCUT2D eigenvalue weighted by molar-refractivity contribution is -0.222. The number of ether oxygens (including phenoxy) is 6. The number of esters is 2. The van der Waals surface area contributed by atoms with Crippen molar-refractivity contribution in [3.05, 3.63) is 95.6 Å². The van der Waals surface area contributed by atoms with E-state index in [-0.39, 0.29) is 31.8 Å². The molecule has 9 nitrogen and oxygen atoms in total. The van der Waals surface area contributed by atoms with Gasteiger partial charge in [0.2, 0.25) is 0 Å². The van der Waals surface area contributed by atoms with Crippen LogP contribution in [0.5, 0.6) is 11.5 Å². The summed E-state index contributed by atoms with van der Waals surface area (Å²) in [7, 11) is 3.16. The molecule has 0 spiro atoms. The minimum atomic E-state index is -1.94. The Morgan fingerprint density at radius 2 is 1.44 bits per heavy atom. The molecule has 226 valence electrons. The van der Waals surface area contributed by atoms with Gasteiger partial charge in [-0.3, -0.25) is 4.79 Å². The highest BCUT2D eigenvalue weighted by atomic mass is 16.6. The van der Waals surface area contributed by atoms with Gasteiger partial charge in [0.15, 0.2) is 11.7 Å². The lowest BCUT2D eigenvalue weighted by atomic mass is 9.72. The maximum Gasteiger partial charge on any atom is 0.338 e. The maximum atomic E-state index is 13.2. The molecule has 4 rings (SSSR count). The van der Waals surface area contributed by atoms with E-state index in [4.69, 9.17) is 34.8 Å². The van der Waals surface area contributed by atoms with Gasteiger partial charge in [0, 0.05) is 12.8 Å². The van der Waals surface area contributed by atoms with Crippen molar-refractivity contribution in [3.63, 3.8) is 0 Å². The van der Waals surface area contributed by atoms with E-state index in [1.165, 1.54) is 6.92 Å². The van der Waals surface area contributed by atoms with Crippen molar-refractivity contribution in [2.24, 2.45) is 5.92 Å². The summed E-state index contributed by atoms with van der Waals surface area (Å²) in [5, 5.41) is 11.7. The molecular weight excluding hydrogens is 552 g/mol. The van der Waals surface area contributed by atoms with E-state index in [1.54, 1.807) is 56.7 Å². The standard InChI is InChI=1S/C34H36O9/c1-5-34(37)19-27(22-40-20-24-11-15-28(38-3)16-12-24)30(42-23(2)35)31(41-21-25-13-17-29(39-4)18-14-25)32(34)43-33(36)26-9-7-6-8-10-26/h1,6-18,27,30-32,37H,19-22H2,2-4H3/t27-,30-,31+,32-,34-/m1/s1. The molecule has 1 aliphatic carbocycles. The Labute approximate surface area is 251 Å². The van der Waals surface area contributed by atoms with E-state index >= 15 is 0 Å². The van der Waals surface area contributed by atoms with Crippen LogP contribution in [0.15, 0.2) is 78.9 Å². The first-order valence-electron chi connectivity index (χ1n) is 13.8. The smallest absolute Gasteiger partial charge is 0.338 e. The Morgan fingerprint density at radius 3 is 1.98 bits per heavy atom. The van der Waals surface area contributed by atoms with Crippen LogP contribution in [0.1, 0.15) is 34.8 Å². The third kappa shape index (κ3) is 8.14. The van der Waals surface area contributed by atoms with Crippen LogP contribution in [0.3, 0.4) is 0 Å². The van der Waals surface area contributed by atoms with Gasteiger partial charge in [-0.25, -0.2) is 4.79 Å². The summed E-state index contributed by atoms with van der Waals surface area (Å²) in [4.78, 5) is 25.5. The van der Waals surface area contributed by atoms with Crippen molar-refractivity contribution in [2.75, 3.05) is 20.8 Å². The van der Waals surface area contributed by atoms with Crippen LogP contribution in [-0.2, 0) is 37.0 Å². The Morgan fingerprint density at radius 1 is 0.860 bits per heavy atom. The normalized spacial score (nSPS) is 23.0. The summed E-state index contributed by atoms with van der Waals surface area (Å²) in [6, 6.07) is 22.9. The summed E-state index contributed by atoms with van der Waals surface area (Å²) in [6.45, 7) is 1.66. The van der Waals surface area contributed by atoms with Crippen molar-refractivity contribution >= 4 is 11.9 Å². The minimum Gasteiger partial charge on any atom is -0.497 e. The van der Waals surface area contributed by atoms with Crippen molar-refractivity contribution in [2.45, 2.75) is 50.5 Å². The molecule has 0 heterocycles. The highest BCUT2D eigenvalue weighted by Gasteiger charge is 2.56. The zero-order valence-corrected chi connectivity index (χ0v) is 24.4. The molecule has 0 unspecified atom stereocenters. The van der Waals surface area contributed by atoms with Crippen LogP contribution in [0, 0.1) is 18.3 Å². The fourth-order valence-corrected chi connectivity index (χ4v) is 5.06. The van der Waals surface area contributed by atoms with Crippen LogP contribution in [0.25, 0.3) is 0 Å². The highest BCUT2D eigenvalue weighted by Crippen LogP contribution is 2.39. The first-order chi connectivity index (χ1) is 20.8. The molecule has 0 aromatic heterocycles. The summed E-state index contributed by atoms with van der Waals surface area (Å²) in [5.74, 6) is 1.96. The fourth-order valence-electron chi connectivity index (χ4n) is 5.06. The van der Waals surface area contributed by atoms with E-state index in [1.807, 2.05) is 36.4 Å². The molecule has 1 saturated carbocycles. The van der Waals surface area contributed by atoms with Gasteiger partial charge in [-0.2, -0.15) is 0 Å². The molecule has 3 aromatic carbocycles. The van der Waals surface area contributed by atoms with E-state index in [0.29, 0.717) is 5.75 Å². The molecule has 0 amide bonds. The van der Waals surface area contributed by atoms with Crippen molar-refractivity contribution in [3.8, 4) is 23.8 Å². The van der Waals surface area contributed by atoms with Crippen LogP contribution >= 0.6 is 0 Å². The van der Waals surface area contributed by atoms with Gasteiger partial charge in [0.05, 0.1) is 39.6 Å². The summed E-state index contributed by atoms with van der Waals surface area (Å²) in [6.07, 6.45) is 2.38. The van der Waals surface area contributed by atoms with E-state index < -0.39 is 41.8 Å². The number of methoxy groups -OCH3 is 2. The average Bonchev–Trinajstić information content (AvgIpc) is 3.03. The maximum absolute atomic E-state index is 13.2. The predicted octanol–water partition coefficient (Wildman–Crippen LogP) is 4.35. The van der Waals surface area contributed by atoms with Crippen LogP contribution < -0.4 is 9.47 Å². The molecule has 5 atom stereocenters. The lowest BCUT2D eigenvalue weighted by Crippen LogP contribution is -2.64. The minimum absolute atomic E-state index is 0.0475. The number of terminal acetylenes is 1. The van der Waals surface area contributed by atoms with E-state index in [9.17, 15) is 14.7 Å². The van der Waals surface area contributed by atoms with Crippen LogP contribution in [0.2, 0.25) is 0 Å². The lowest BCUT2D eigenvalue weighted by Gasteiger charge is -2.47. The second-order valence-corrected chi connectivity index (χ2v) is 10.3. The third-order valence-corrected chi connectivity index (χ3v) is 7.29. The zero-order chi connectivity index (χ0) is 30.8. The number of carbonyl (C=O) groups is 2. The predicted molar refractivity (Wildman–Crippen MR) is 157 cm³/mol. The molecular formula is C34H36O9. The largest absolute Gasteiger partial charge is 0.497 e. The third-order valence-electron chi connectivity index (χ3n) is 7.29. The van der Waals surface area contributed by atoms with Gasteiger partial charge in [0.1, 0.15) is 23.7 Å². The Bertz CT molecular complexity index is 1380. The fraction of sp³-hybridized carbons (Fsp3) is 0.353. The van der Waals surface area contributed by atoms with Gasteiger partial charge in [-0.05, 0) is 53.9 Å². The van der Waals surface area contributed by atoms with Crippen LogP contribution in [0.4, 0.5) is 0 Å². The van der Waals surface area contributed by atoms with E-state index in [2.05, 4.69) is 5.92 Å². The molecule has 1 fully saturated rings. The quantitative estimate of drug-likeness (QED) is 0.244. The van der Waals surface area contributed by atoms with Gasteiger partial charge in [-0.1, -0.05) is 48.4 Å². The van der Waals surface area contributed by atoms with Crippen LogP contribution in [-0.4, -0.2) is 61.8 Å². The second kappa shape index (κ2) is 14.7. The number of rotatable bonds is 12. The SMILES string of the molecule is C#C[C@@]1(O)C[C@H](COCc2ccc(OC)cc2)[C@@H](OC(C)=O)[C@H](OCc2ccc(OC)cc2)[C@H]1OC(=O)c1ccccc1. The topological polar surface area (TPSA) is 110 Å². The Balaban J connectivity index is 1.62. The molecule has 9 heteroatoms. The van der Waals surface area contributed by atoms with Crippen molar-refractivity contribution in [1.29, 1.82) is 0 Å². The number of hydrogen-bond donors (Lipinski definition) is 1. The summed E-state index contributed by atoms with van der Waals surface area (Å²) < 4.78 is 34.4. The summed E-state index contributed by atoms with van der Waals surface area (Å²) in [5.41, 5.74) is -0.00276. The van der Waals surface area contributed by atoms with E-state index in [0.717, 1.165) is 16.9 Å². The van der Waals surface area contributed by atoms with Crippen molar-refractivity contribution in [1.82, 2.24) is 0 Å². The first kappa shape index (κ1) is 31.6. The molecule has 1 N–H and O–H groups in total. The van der Waals surface area contributed by atoms with Gasteiger partial charge >= 0.3 is 11.9 Å². The highest BCUT2D eigenvalue weighted by molar-refractivity contribution is 5.89. The Kier molecular flexibility index (Phi) is 10.8. The monoisotopic (exact) mass is 588 g/mol. The second-order valence-electron chi connectivity index (χ2n) is 10.3. The first-order valence-corrected chi connectivity index (χ1v) is 13.8. The molecule has 0 radical (unpaired) electrons.